The number of rotatable bonds is 11. The summed E-state index contributed by atoms with van der Waals surface area (Å²) in [5.41, 5.74) is 2.12. The van der Waals surface area contributed by atoms with Crippen LogP contribution in [0.3, 0.4) is 0 Å². The summed E-state index contributed by atoms with van der Waals surface area (Å²) in [6.07, 6.45) is 2.82. The summed E-state index contributed by atoms with van der Waals surface area (Å²) in [4.78, 5) is 27.3. The highest BCUT2D eigenvalue weighted by atomic mass is 79.9. The predicted molar refractivity (Wildman–Crippen MR) is 131 cm³/mol. The largest absolute Gasteiger partial charge is 0.483 e. The minimum atomic E-state index is -0.609. The highest BCUT2D eigenvalue weighted by Gasteiger charge is 2.26. The lowest BCUT2D eigenvalue weighted by Gasteiger charge is -2.29. The highest BCUT2D eigenvalue weighted by molar-refractivity contribution is 9.10. The number of halogens is 2. The molecule has 2 aromatic rings. The van der Waals surface area contributed by atoms with Crippen LogP contribution in [-0.4, -0.2) is 35.9 Å². The van der Waals surface area contributed by atoms with Crippen LogP contribution in [0.2, 0.25) is 0 Å². The van der Waals surface area contributed by atoms with E-state index < -0.39 is 6.04 Å². The van der Waals surface area contributed by atoms with Crippen LogP contribution in [0.15, 0.2) is 51.4 Å². The van der Waals surface area contributed by atoms with Crippen molar-refractivity contribution in [3.63, 3.8) is 0 Å². The molecule has 0 saturated carbocycles. The molecule has 0 spiro atoms. The van der Waals surface area contributed by atoms with Crippen LogP contribution in [-0.2, 0) is 22.6 Å². The van der Waals surface area contributed by atoms with Gasteiger partial charge in [0.15, 0.2) is 6.61 Å². The molecule has 5 nitrogen and oxygen atoms in total. The van der Waals surface area contributed by atoms with E-state index in [1.807, 2.05) is 42.5 Å². The van der Waals surface area contributed by atoms with Crippen molar-refractivity contribution in [3.8, 4) is 5.75 Å². The highest BCUT2D eigenvalue weighted by Crippen LogP contribution is 2.26. The lowest BCUT2D eigenvalue weighted by molar-refractivity contribution is -0.142. The zero-order valence-electron chi connectivity index (χ0n) is 18.3. The summed E-state index contributed by atoms with van der Waals surface area (Å²) in [7, 11) is 0. The predicted octanol–water partition coefficient (Wildman–Crippen LogP) is 5.49. The minimum absolute atomic E-state index is 0.146. The zero-order chi connectivity index (χ0) is 22.8. The summed E-state index contributed by atoms with van der Waals surface area (Å²) in [5, 5.41) is 2.92. The van der Waals surface area contributed by atoms with Crippen molar-refractivity contribution >= 4 is 43.7 Å². The Labute approximate surface area is 201 Å². The quantitative estimate of drug-likeness (QED) is 0.374. The number of aryl methyl sites for hydroxylation is 1. The van der Waals surface area contributed by atoms with Crippen molar-refractivity contribution in [1.82, 2.24) is 10.2 Å². The van der Waals surface area contributed by atoms with E-state index in [9.17, 15) is 9.59 Å². The molecule has 0 radical (unpaired) electrons. The van der Waals surface area contributed by atoms with Gasteiger partial charge < -0.3 is 15.0 Å². The Kier molecular flexibility index (Phi) is 10.5. The molecule has 2 rings (SSSR count). The molecule has 0 aliphatic carbocycles. The molecule has 0 bridgehead atoms. The van der Waals surface area contributed by atoms with Crippen LogP contribution in [0.25, 0.3) is 0 Å². The van der Waals surface area contributed by atoms with Gasteiger partial charge in [-0.3, -0.25) is 9.59 Å². The monoisotopic (exact) mass is 552 g/mol. The molecule has 0 fully saturated rings. The maximum atomic E-state index is 13.1. The smallest absolute Gasteiger partial charge is 0.261 e. The Morgan fingerprint density at radius 3 is 2.35 bits per heavy atom. The summed E-state index contributed by atoms with van der Waals surface area (Å²) in [6.45, 7) is 6.69. The number of hydrogen-bond donors (Lipinski definition) is 1. The summed E-state index contributed by atoms with van der Waals surface area (Å²) >= 11 is 6.93. The van der Waals surface area contributed by atoms with Crippen molar-refractivity contribution in [1.29, 1.82) is 0 Å². The lowest BCUT2D eigenvalue weighted by Crippen LogP contribution is -2.49. The first-order valence-corrected chi connectivity index (χ1v) is 12.2. The first kappa shape index (κ1) is 25.4. The zero-order valence-corrected chi connectivity index (χ0v) is 21.5. The molecule has 31 heavy (non-hydrogen) atoms. The number of nitrogens with one attached hydrogen (secondary N) is 1. The number of amides is 2. The number of benzene rings is 2. The summed E-state index contributed by atoms with van der Waals surface area (Å²) in [5.74, 6) is 0.203. The normalized spacial score (nSPS) is 11.6. The fraction of sp³-hybridized carbons (Fsp3) is 0.417. The Bertz CT molecular complexity index is 872. The van der Waals surface area contributed by atoms with Crippen LogP contribution in [0.1, 0.15) is 44.7 Å². The van der Waals surface area contributed by atoms with Crippen molar-refractivity contribution in [3.05, 3.63) is 62.5 Å². The van der Waals surface area contributed by atoms with Gasteiger partial charge in [0.25, 0.3) is 5.91 Å². The van der Waals surface area contributed by atoms with E-state index >= 15 is 0 Å². The summed E-state index contributed by atoms with van der Waals surface area (Å²) in [6, 6.07) is 12.9. The number of carbonyl (C=O) groups is 2. The average molecular weight is 554 g/mol. The molecular weight excluding hydrogens is 524 g/mol. The molecule has 0 unspecified atom stereocenters. The second kappa shape index (κ2) is 12.9. The number of unbranched alkanes of at least 4 members (excludes halogenated alkanes) is 1. The first-order chi connectivity index (χ1) is 14.8. The van der Waals surface area contributed by atoms with Gasteiger partial charge in [0.1, 0.15) is 11.8 Å². The number of nitrogens with zero attached hydrogens (tertiary/aromatic N) is 1. The molecule has 7 heteroatoms. The van der Waals surface area contributed by atoms with Gasteiger partial charge in [-0.15, -0.1) is 0 Å². The van der Waals surface area contributed by atoms with Gasteiger partial charge in [0.05, 0.1) is 4.47 Å². The Morgan fingerprint density at radius 2 is 1.74 bits per heavy atom. The van der Waals surface area contributed by atoms with E-state index in [0.29, 0.717) is 18.8 Å². The van der Waals surface area contributed by atoms with E-state index in [4.69, 9.17) is 4.74 Å². The van der Waals surface area contributed by atoms with Crippen molar-refractivity contribution in [2.75, 3.05) is 13.2 Å². The second-order valence-corrected chi connectivity index (χ2v) is 9.15. The molecule has 2 aromatic carbocycles. The Morgan fingerprint density at radius 1 is 1.06 bits per heavy atom. The topological polar surface area (TPSA) is 58.6 Å². The fourth-order valence-corrected chi connectivity index (χ4v) is 3.81. The van der Waals surface area contributed by atoms with Gasteiger partial charge in [-0.2, -0.15) is 0 Å². The van der Waals surface area contributed by atoms with E-state index in [0.717, 1.165) is 33.8 Å². The SMILES string of the molecule is CCCCNC(=O)[C@@H](C)N(Cc1ccc(Br)cc1)C(=O)COc1ccc(CC)cc1Br. The number of ether oxygens (including phenoxy) is 1. The molecule has 1 atom stereocenters. The molecule has 0 aliphatic heterocycles. The van der Waals surface area contributed by atoms with Gasteiger partial charge in [-0.1, -0.05) is 54.4 Å². The van der Waals surface area contributed by atoms with Crippen LogP contribution in [0.4, 0.5) is 0 Å². The lowest BCUT2D eigenvalue weighted by atomic mass is 10.1. The third-order valence-corrected chi connectivity index (χ3v) is 6.17. The van der Waals surface area contributed by atoms with E-state index in [2.05, 4.69) is 51.0 Å². The molecule has 0 saturated heterocycles. The average Bonchev–Trinajstić information content (AvgIpc) is 2.77. The maximum absolute atomic E-state index is 13.1. The van der Waals surface area contributed by atoms with Gasteiger partial charge in [0, 0.05) is 17.6 Å². The van der Waals surface area contributed by atoms with Gasteiger partial charge >= 0.3 is 0 Å². The van der Waals surface area contributed by atoms with E-state index in [1.54, 1.807) is 11.8 Å². The molecule has 0 heterocycles. The Balaban J connectivity index is 2.12. The van der Waals surface area contributed by atoms with Gasteiger partial charge in [0.2, 0.25) is 5.91 Å². The third-order valence-electron chi connectivity index (χ3n) is 5.02. The maximum Gasteiger partial charge on any atom is 0.261 e. The first-order valence-electron chi connectivity index (χ1n) is 10.6. The molecule has 0 aliphatic rings. The number of hydrogen-bond acceptors (Lipinski definition) is 3. The second-order valence-electron chi connectivity index (χ2n) is 7.38. The van der Waals surface area contributed by atoms with Crippen LogP contribution in [0.5, 0.6) is 5.75 Å². The van der Waals surface area contributed by atoms with Crippen LogP contribution >= 0.6 is 31.9 Å². The van der Waals surface area contributed by atoms with Crippen molar-refractivity contribution in [2.45, 2.75) is 52.6 Å². The van der Waals surface area contributed by atoms with E-state index in [-0.39, 0.29) is 18.4 Å². The van der Waals surface area contributed by atoms with Crippen molar-refractivity contribution < 1.29 is 14.3 Å². The third kappa shape index (κ3) is 7.96. The van der Waals surface area contributed by atoms with Crippen LogP contribution < -0.4 is 10.1 Å². The Hall–Kier alpha value is -1.86. The summed E-state index contributed by atoms with van der Waals surface area (Å²) < 4.78 is 7.56. The van der Waals surface area contributed by atoms with E-state index in [1.165, 1.54) is 5.56 Å². The molecular formula is C24H30Br2N2O3. The molecule has 0 aromatic heterocycles. The standard InChI is InChI=1S/C24H30Br2N2O3/c1-4-6-13-27-24(30)17(3)28(15-19-7-10-20(25)11-8-19)23(29)16-31-22-12-9-18(5-2)14-21(22)26/h7-12,14,17H,4-6,13,15-16H2,1-3H3,(H,27,30)/t17-/m1/s1. The van der Waals surface area contributed by atoms with Gasteiger partial charge in [-0.05, 0) is 71.1 Å². The molecule has 2 amide bonds. The van der Waals surface area contributed by atoms with Crippen molar-refractivity contribution in [2.24, 2.45) is 0 Å². The molecule has 168 valence electrons. The fourth-order valence-electron chi connectivity index (χ4n) is 3.01. The number of carbonyl (C=O) groups excluding carboxylic acids is 2. The van der Waals surface area contributed by atoms with Crippen LogP contribution in [0, 0.1) is 0 Å². The van der Waals surface area contributed by atoms with Gasteiger partial charge in [-0.25, -0.2) is 0 Å². The molecule has 1 N–H and O–H groups in total. The minimum Gasteiger partial charge on any atom is -0.483 e.